The molecular weight excluding hydrogens is 404 g/mol. The number of carbonyl (C=O) groups excluding carboxylic acids is 1. The van der Waals surface area contributed by atoms with Crippen molar-refractivity contribution in [3.05, 3.63) is 73.6 Å². The van der Waals surface area contributed by atoms with Crippen LogP contribution < -0.4 is 16.6 Å². The quantitative estimate of drug-likeness (QED) is 0.535. The van der Waals surface area contributed by atoms with Gasteiger partial charge in [0.05, 0.1) is 22.7 Å². The Labute approximate surface area is 174 Å². The van der Waals surface area contributed by atoms with E-state index in [9.17, 15) is 14.4 Å². The average molecular weight is 422 g/mol. The first kappa shape index (κ1) is 19.6. The molecule has 0 bridgehead atoms. The summed E-state index contributed by atoms with van der Waals surface area (Å²) in [6.45, 7) is 1.83. The molecule has 0 saturated carbocycles. The van der Waals surface area contributed by atoms with E-state index in [0.717, 1.165) is 20.8 Å². The second kappa shape index (κ2) is 7.64. The molecule has 0 radical (unpaired) electrons. The van der Waals surface area contributed by atoms with Crippen LogP contribution in [0.4, 0.5) is 0 Å². The standard InChI is InChI=1S/C20H18N6O3S/c1-11(18-24-15(10-30-18)12-5-4-6-21-8-12)23-17(27)13-7-14-16(22-9-13)25(2)20(29)26(3)19(14)28/h4-11H,1-3H3,(H,23,27). The summed E-state index contributed by atoms with van der Waals surface area (Å²) in [7, 11) is 2.92. The van der Waals surface area contributed by atoms with Crippen molar-refractivity contribution in [2.45, 2.75) is 13.0 Å². The van der Waals surface area contributed by atoms with Gasteiger partial charge in [-0.2, -0.15) is 0 Å². The van der Waals surface area contributed by atoms with E-state index in [1.165, 1.54) is 42.3 Å². The summed E-state index contributed by atoms with van der Waals surface area (Å²) < 4.78 is 2.26. The lowest BCUT2D eigenvalue weighted by molar-refractivity contribution is 0.0939. The largest absolute Gasteiger partial charge is 0.343 e. The molecule has 1 amide bonds. The van der Waals surface area contributed by atoms with Crippen LogP contribution in [0.2, 0.25) is 0 Å². The lowest BCUT2D eigenvalue weighted by Gasteiger charge is -2.12. The molecule has 0 spiro atoms. The maximum absolute atomic E-state index is 12.7. The summed E-state index contributed by atoms with van der Waals surface area (Å²) in [6.07, 6.45) is 4.78. The Hall–Kier alpha value is -3.66. The summed E-state index contributed by atoms with van der Waals surface area (Å²) in [4.78, 5) is 50.0. The van der Waals surface area contributed by atoms with Gasteiger partial charge in [-0.05, 0) is 25.1 Å². The number of fused-ring (bicyclic) bond motifs is 1. The number of hydrogen-bond acceptors (Lipinski definition) is 7. The molecule has 1 N–H and O–H groups in total. The molecule has 0 aromatic carbocycles. The van der Waals surface area contributed by atoms with Gasteiger partial charge in [-0.1, -0.05) is 0 Å². The van der Waals surface area contributed by atoms with Crippen LogP contribution in [-0.4, -0.2) is 30.0 Å². The minimum absolute atomic E-state index is 0.202. The van der Waals surface area contributed by atoms with Crippen molar-refractivity contribution in [2.75, 3.05) is 0 Å². The third-order valence-electron chi connectivity index (χ3n) is 4.75. The lowest BCUT2D eigenvalue weighted by atomic mass is 10.2. The highest BCUT2D eigenvalue weighted by Crippen LogP contribution is 2.25. The number of nitrogens with zero attached hydrogens (tertiary/aromatic N) is 5. The Morgan fingerprint density at radius 1 is 1.20 bits per heavy atom. The Balaban J connectivity index is 1.60. The molecule has 4 heterocycles. The van der Waals surface area contributed by atoms with Crippen LogP contribution in [0.15, 0.2) is 51.8 Å². The van der Waals surface area contributed by atoms with Gasteiger partial charge in [0.15, 0.2) is 0 Å². The highest BCUT2D eigenvalue weighted by Gasteiger charge is 2.18. The van der Waals surface area contributed by atoms with Gasteiger partial charge in [-0.3, -0.25) is 23.7 Å². The fourth-order valence-corrected chi connectivity index (χ4v) is 3.90. The molecule has 0 fully saturated rings. The van der Waals surface area contributed by atoms with Crippen LogP contribution in [0.5, 0.6) is 0 Å². The summed E-state index contributed by atoms with van der Waals surface area (Å²) in [6, 6.07) is 4.87. The lowest BCUT2D eigenvalue weighted by Crippen LogP contribution is -2.37. The second-order valence-electron chi connectivity index (χ2n) is 6.81. The normalized spacial score (nSPS) is 12.1. The predicted molar refractivity (Wildman–Crippen MR) is 113 cm³/mol. The SMILES string of the molecule is CC(NC(=O)c1cnc2c(c1)c(=O)n(C)c(=O)n2C)c1nc(-c2cccnc2)cs1. The van der Waals surface area contributed by atoms with Crippen molar-refractivity contribution in [2.24, 2.45) is 14.1 Å². The summed E-state index contributed by atoms with van der Waals surface area (Å²) >= 11 is 1.44. The van der Waals surface area contributed by atoms with Crippen molar-refractivity contribution < 1.29 is 4.79 Å². The molecule has 0 saturated heterocycles. The van der Waals surface area contributed by atoms with E-state index >= 15 is 0 Å². The zero-order chi connectivity index (χ0) is 21.4. The molecule has 10 heteroatoms. The first-order valence-corrected chi connectivity index (χ1v) is 9.97. The topological polar surface area (TPSA) is 112 Å². The van der Waals surface area contributed by atoms with E-state index in [0.29, 0.717) is 0 Å². The molecular formula is C20H18N6O3S. The van der Waals surface area contributed by atoms with E-state index in [4.69, 9.17) is 0 Å². The molecule has 9 nitrogen and oxygen atoms in total. The van der Waals surface area contributed by atoms with E-state index in [-0.39, 0.29) is 28.5 Å². The van der Waals surface area contributed by atoms with Crippen LogP contribution in [0.3, 0.4) is 0 Å². The first-order chi connectivity index (χ1) is 14.4. The highest BCUT2D eigenvalue weighted by molar-refractivity contribution is 7.10. The number of aryl methyl sites for hydroxylation is 1. The number of hydrogen-bond donors (Lipinski definition) is 1. The van der Waals surface area contributed by atoms with Crippen LogP contribution >= 0.6 is 11.3 Å². The molecule has 1 unspecified atom stereocenters. The van der Waals surface area contributed by atoms with Gasteiger partial charge in [0, 0.05) is 43.6 Å². The Morgan fingerprint density at radius 3 is 2.73 bits per heavy atom. The second-order valence-corrected chi connectivity index (χ2v) is 7.70. The van der Waals surface area contributed by atoms with Crippen LogP contribution in [0.25, 0.3) is 22.3 Å². The smallest absolute Gasteiger partial charge is 0.332 e. The fraction of sp³-hybridized carbons (Fsp3) is 0.200. The van der Waals surface area contributed by atoms with Gasteiger partial charge in [0.1, 0.15) is 10.7 Å². The van der Waals surface area contributed by atoms with Crippen LogP contribution in [-0.2, 0) is 14.1 Å². The van der Waals surface area contributed by atoms with Gasteiger partial charge in [0.25, 0.3) is 11.5 Å². The van der Waals surface area contributed by atoms with Crippen molar-refractivity contribution >= 4 is 28.3 Å². The first-order valence-electron chi connectivity index (χ1n) is 9.09. The van der Waals surface area contributed by atoms with Crippen molar-refractivity contribution in [3.63, 3.8) is 0 Å². The van der Waals surface area contributed by atoms with E-state index in [1.807, 2.05) is 24.4 Å². The van der Waals surface area contributed by atoms with Crippen molar-refractivity contribution in [1.29, 1.82) is 0 Å². The fourth-order valence-electron chi connectivity index (χ4n) is 3.06. The minimum Gasteiger partial charge on any atom is -0.343 e. The molecule has 4 aromatic rings. The molecule has 30 heavy (non-hydrogen) atoms. The maximum atomic E-state index is 12.7. The summed E-state index contributed by atoms with van der Waals surface area (Å²) in [5, 5.41) is 5.74. The Morgan fingerprint density at radius 2 is 2.00 bits per heavy atom. The Kier molecular flexibility index (Phi) is 5.00. The van der Waals surface area contributed by atoms with Crippen LogP contribution in [0.1, 0.15) is 28.3 Å². The summed E-state index contributed by atoms with van der Waals surface area (Å²) in [5.41, 5.74) is 1.19. The molecule has 4 rings (SSSR count). The average Bonchev–Trinajstić information content (AvgIpc) is 3.27. The molecule has 4 aromatic heterocycles. The number of amides is 1. The Bertz CT molecular complexity index is 1370. The highest BCUT2D eigenvalue weighted by atomic mass is 32.1. The van der Waals surface area contributed by atoms with Crippen molar-refractivity contribution in [1.82, 2.24) is 29.4 Å². The van der Waals surface area contributed by atoms with E-state index < -0.39 is 11.2 Å². The third-order valence-corrected chi connectivity index (χ3v) is 5.78. The minimum atomic E-state index is -0.496. The number of nitrogens with one attached hydrogen (secondary N) is 1. The number of thiazole rings is 1. The van der Waals surface area contributed by atoms with Gasteiger partial charge >= 0.3 is 5.69 Å². The number of carbonyl (C=O) groups is 1. The van der Waals surface area contributed by atoms with Crippen LogP contribution in [0, 0.1) is 0 Å². The third kappa shape index (κ3) is 3.41. The molecule has 0 aliphatic rings. The van der Waals surface area contributed by atoms with Crippen molar-refractivity contribution in [3.8, 4) is 11.3 Å². The number of rotatable bonds is 4. The zero-order valence-electron chi connectivity index (χ0n) is 16.5. The van der Waals surface area contributed by atoms with E-state index in [1.54, 1.807) is 12.4 Å². The van der Waals surface area contributed by atoms with Gasteiger partial charge < -0.3 is 5.32 Å². The number of aromatic nitrogens is 5. The van der Waals surface area contributed by atoms with E-state index in [2.05, 4.69) is 20.3 Å². The molecule has 1 atom stereocenters. The summed E-state index contributed by atoms with van der Waals surface area (Å²) in [5.74, 6) is -0.383. The van der Waals surface area contributed by atoms with Gasteiger partial charge in [-0.15, -0.1) is 11.3 Å². The predicted octanol–water partition coefficient (Wildman–Crippen LogP) is 1.64. The molecule has 152 valence electrons. The van der Waals surface area contributed by atoms with Gasteiger partial charge in [0.2, 0.25) is 0 Å². The molecule has 0 aliphatic heterocycles. The van der Waals surface area contributed by atoms with Gasteiger partial charge in [-0.25, -0.2) is 14.8 Å². The monoisotopic (exact) mass is 422 g/mol. The molecule has 0 aliphatic carbocycles. The number of pyridine rings is 2. The zero-order valence-corrected chi connectivity index (χ0v) is 17.3. The maximum Gasteiger partial charge on any atom is 0.332 e.